The summed E-state index contributed by atoms with van der Waals surface area (Å²) in [6, 6.07) is 8.00. The van der Waals surface area contributed by atoms with Gasteiger partial charge in [-0.05, 0) is 54.4 Å². The molecule has 2 unspecified atom stereocenters. The zero-order valence-electron chi connectivity index (χ0n) is 15.4. The lowest BCUT2D eigenvalue weighted by atomic mass is 9.65. The van der Waals surface area contributed by atoms with Gasteiger partial charge in [0.1, 0.15) is 6.42 Å². The van der Waals surface area contributed by atoms with Crippen LogP contribution in [0.1, 0.15) is 46.5 Å². The van der Waals surface area contributed by atoms with E-state index in [9.17, 15) is 13.2 Å². The van der Waals surface area contributed by atoms with Crippen molar-refractivity contribution in [3.8, 4) is 6.07 Å². The summed E-state index contributed by atoms with van der Waals surface area (Å²) < 4.78 is 28.0. The third-order valence-corrected chi connectivity index (χ3v) is 7.26. The van der Waals surface area contributed by atoms with Crippen LogP contribution < -0.4 is 5.32 Å². The van der Waals surface area contributed by atoms with Crippen LogP contribution >= 0.6 is 0 Å². The smallest absolute Gasteiger partial charge is 0.243 e. The molecule has 6 nitrogen and oxygen atoms in total. The molecule has 1 N–H and O–H groups in total. The van der Waals surface area contributed by atoms with Gasteiger partial charge in [0.2, 0.25) is 15.9 Å². The van der Waals surface area contributed by atoms with E-state index < -0.39 is 15.9 Å². The van der Waals surface area contributed by atoms with E-state index in [2.05, 4.69) is 26.1 Å². The Kier molecular flexibility index (Phi) is 4.62. The van der Waals surface area contributed by atoms with Gasteiger partial charge in [-0.15, -0.1) is 0 Å². The minimum Gasteiger partial charge on any atom is -0.325 e. The first kappa shape index (κ1) is 18.9. The summed E-state index contributed by atoms with van der Waals surface area (Å²) in [6.45, 7) is 7.17. The van der Waals surface area contributed by atoms with Crippen LogP contribution in [0.15, 0.2) is 29.2 Å². The van der Waals surface area contributed by atoms with E-state index in [0.29, 0.717) is 12.2 Å². The SMILES string of the molecule is CC1(C)CC2CC(C)(CN2S(=O)(=O)c2ccc(NC(=O)CC#N)cc2)C1. The molecule has 1 aliphatic heterocycles. The molecule has 1 saturated carbocycles. The number of rotatable bonds is 4. The Morgan fingerprint density at radius 1 is 1.27 bits per heavy atom. The minimum absolute atomic E-state index is 0.0324. The summed E-state index contributed by atoms with van der Waals surface area (Å²) >= 11 is 0. The predicted molar refractivity (Wildman–Crippen MR) is 98.7 cm³/mol. The van der Waals surface area contributed by atoms with E-state index in [-0.39, 0.29) is 28.2 Å². The molecule has 0 radical (unpaired) electrons. The van der Waals surface area contributed by atoms with E-state index in [4.69, 9.17) is 5.26 Å². The molecule has 2 bridgehead atoms. The summed E-state index contributed by atoms with van der Waals surface area (Å²) in [6.07, 6.45) is 2.60. The second kappa shape index (κ2) is 6.36. The lowest BCUT2D eigenvalue weighted by Gasteiger charge is -2.39. The van der Waals surface area contributed by atoms with Gasteiger partial charge in [0, 0.05) is 18.3 Å². The number of anilines is 1. The molecular weight excluding hydrogens is 350 g/mol. The number of nitriles is 1. The van der Waals surface area contributed by atoms with E-state index in [1.54, 1.807) is 22.5 Å². The predicted octanol–water partition coefficient (Wildman–Crippen LogP) is 3.13. The fourth-order valence-electron chi connectivity index (χ4n) is 4.81. The van der Waals surface area contributed by atoms with Crippen molar-refractivity contribution in [1.29, 1.82) is 5.26 Å². The van der Waals surface area contributed by atoms with E-state index in [0.717, 1.165) is 19.3 Å². The van der Waals surface area contributed by atoms with E-state index >= 15 is 0 Å². The molecule has 0 spiro atoms. The first-order chi connectivity index (χ1) is 12.0. The third-order valence-electron chi connectivity index (χ3n) is 5.35. The number of fused-ring (bicyclic) bond motifs is 2. The van der Waals surface area contributed by atoms with Crippen LogP contribution in [0.4, 0.5) is 5.69 Å². The maximum absolute atomic E-state index is 13.2. The van der Waals surface area contributed by atoms with Crippen molar-refractivity contribution in [1.82, 2.24) is 4.31 Å². The van der Waals surface area contributed by atoms with E-state index in [1.165, 1.54) is 12.1 Å². The summed E-state index contributed by atoms with van der Waals surface area (Å²) in [5.74, 6) is -0.411. The number of benzene rings is 1. The first-order valence-electron chi connectivity index (χ1n) is 8.83. The summed E-state index contributed by atoms with van der Waals surface area (Å²) in [5.41, 5.74) is 0.666. The number of nitrogens with zero attached hydrogens (tertiary/aromatic N) is 2. The average molecular weight is 375 g/mol. The monoisotopic (exact) mass is 375 g/mol. The van der Waals surface area contributed by atoms with E-state index in [1.807, 2.05) is 0 Å². The van der Waals surface area contributed by atoms with Gasteiger partial charge in [-0.25, -0.2) is 8.42 Å². The van der Waals surface area contributed by atoms with Gasteiger partial charge in [-0.2, -0.15) is 9.57 Å². The summed E-state index contributed by atoms with van der Waals surface area (Å²) in [4.78, 5) is 11.7. The Morgan fingerprint density at radius 3 is 2.54 bits per heavy atom. The van der Waals surface area contributed by atoms with Crippen LogP contribution in [0.3, 0.4) is 0 Å². The molecule has 1 aliphatic carbocycles. The van der Waals surface area contributed by atoms with Crippen molar-refractivity contribution in [2.75, 3.05) is 11.9 Å². The number of hydrogen-bond acceptors (Lipinski definition) is 4. The van der Waals surface area contributed by atoms with Crippen molar-refractivity contribution in [3.05, 3.63) is 24.3 Å². The molecule has 7 heteroatoms. The number of hydrogen-bond donors (Lipinski definition) is 1. The molecule has 140 valence electrons. The number of carbonyl (C=O) groups is 1. The summed E-state index contributed by atoms with van der Waals surface area (Å²) in [5, 5.41) is 11.1. The largest absolute Gasteiger partial charge is 0.325 e. The molecule has 3 rings (SSSR count). The zero-order chi connectivity index (χ0) is 19.2. The molecule has 0 aromatic heterocycles. The highest BCUT2D eigenvalue weighted by Gasteiger charge is 2.53. The van der Waals surface area contributed by atoms with Crippen LogP contribution in [0.5, 0.6) is 0 Å². The Hall–Kier alpha value is -1.91. The molecule has 1 aromatic carbocycles. The lowest BCUT2D eigenvalue weighted by molar-refractivity contribution is -0.115. The van der Waals surface area contributed by atoms with Gasteiger partial charge >= 0.3 is 0 Å². The maximum atomic E-state index is 13.2. The number of carbonyl (C=O) groups excluding carboxylic acids is 1. The highest BCUT2D eigenvalue weighted by Crippen LogP contribution is 2.53. The average Bonchev–Trinajstić information content (AvgIpc) is 2.77. The van der Waals surface area contributed by atoms with Crippen LogP contribution in [-0.2, 0) is 14.8 Å². The van der Waals surface area contributed by atoms with Gasteiger partial charge < -0.3 is 5.32 Å². The van der Waals surface area contributed by atoms with Crippen LogP contribution in [-0.4, -0.2) is 31.2 Å². The van der Waals surface area contributed by atoms with Gasteiger partial charge in [-0.1, -0.05) is 20.8 Å². The van der Waals surface area contributed by atoms with Crippen LogP contribution in [0.2, 0.25) is 0 Å². The topological polar surface area (TPSA) is 90.3 Å². The molecule has 1 aromatic rings. The fraction of sp³-hybridized carbons (Fsp3) is 0.579. The number of amides is 1. The number of nitrogens with one attached hydrogen (secondary N) is 1. The van der Waals surface area contributed by atoms with Crippen molar-refractivity contribution in [2.24, 2.45) is 10.8 Å². The number of sulfonamides is 1. The third kappa shape index (κ3) is 3.62. The first-order valence-corrected chi connectivity index (χ1v) is 10.3. The normalized spacial score (nSPS) is 27.7. The molecule has 26 heavy (non-hydrogen) atoms. The standard InChI is InChI=1S/C19H25N3O3S/c1-18(2)10-15-11-19(3,12-18)13-22(15)26(24,25)16-6-4-14(5-7-16)21-17(23)8-9-20/h4-7,15H,8,10-13H2,1-3H3,(H,21,23). The second-order valence-electron chi connectivity index (χ2n) is 8.67. The Labute approximate surface area is 155 Å². The van der Waals surface area contributed by atoms with Gasteiger partial charge in [-0.3, -0.25) is 4.79 Å². The van der Waals surface area contributed by atoms with Gasteiger partial charge in [0.05, 0.1) is 11.0 Å². The quantitative estimate of drug-likeness (QED) is 0.875. The Morgan fingerprint density at radius 2 is 1.92 bits per heavy atom. The Bertz CT molecular complexity index is 855. The fourth-order valence-corrected chi connectivity index (χ4v) is 6.59. The molecular formula is C19H25N3O3S. The lowest BCUT2D eigenvalue weighted by Crippen LogP contribution is -2.37. The summed E-state index contributed by atoms with van der Waals surface area (Å²) in [7, 11) is -3.57. The van der Waals surface area contributed by atoms with Gasteiger partial charge in [0.15, 0.2) is 0 Å². The molecule has 1 heterocycles. The van der Waals surface area contributed by atoms with Gasteiger partial charge in [0.25, 0.3) is 0 Å². The van der Waals surface area contributed by atoms with Crippen molar-refractivity contribution < 1.29 is 13.2 Å². The van der Waals surface area contributed by atoms with Crippen molar-refractivity contribution in [2.45, 2.75) is 57.4 Å². The highest BCUT2D eigenvalue weighted by atomic mass is 32.2. The highest BCUT2D eigenvalue weighted by molar-refractivity contribution is 7.89. The van der Waals surface area contributed by atoms with Crippen molar-refractivity contribution >= 4 is 21.6 Å². The second-order valence-corrected chi connectivity index (χ2v) is 10.6. The molecule has 2 atom stereocenters. The van der Waals surface area contributed by atoms with Crippen molar-refractivity contribution in [3.63, 3.8) is 0 Å². The van der Waals surface area contributed by atoms with Crippen LogP contribution in [0, 0.1) is 22.2 Å². The maximum Gasteiger partial charge on any atom is 0.243 e. The Balaban J connectivity index is 1.81. The zero-order valence-corrected chi connectivity index (χ0v) is 16.3. The molecule has 2 aliphatic rings. The molecule has 1 saturated heterocycles. The molecule has 2 fully saturated rings. The molecule has 1 amide bonds. The van der Waals surface area contributed by atoms with Crippen LogP contribution in [0.25, 0.3) is 0 Å². The minimum atomic E-state index is -3.57.